The first-order valence-electron chi connectivity index (χ1n) is 9.11. The molecule has 4 atom stereocenters. The normalized spacial score (nSPS) is 27.9. The van der Waals surface area contributed by atoms with E-state index in [-0.39, 0.29) is 40.5 Å². The van der Waals surface area contributed by atoms with E-state index in [4.69, 9.17) is 27.9 Å². The zero-order valence-corrected chi connectivity index (χ0v) is 16.3. The van der Waals surface area contributed by atoms with E-state index < -0.39 is 25.0 Å². The van der Waals surface area contributed by atoms with Gasteiger partial charge in [0.15, 0.2) is 6.61 Å². The predicted octanol–water partition coefficient (Wildman–Crippen LogP) is 2.51. The standard InChI is InChI=1S/C19H18Cl2N2O5/c20-11-3-4-13(12(21)6-11)22-14(24)8-28-15(25)7-23-18(26)16-9-1-2-10(5-9)17(16)19(23)27/h3-4,6,9-10,16-17H,1-2,5,7-8H2,(H,22,24)/t9-,10-,16+,17+/m0/s1. The number of imide groups is 1. The zero-order valence-electron chi connectivity index (χ0n) is 14.8. The van der Waals surface area contributed by atoms with Gasteiger partial charge in [0.05, 0.1) is 22.5 Å². The molecule has 1 heterocycles. The summed E-state index contributed by atoms with van der Waals surface area (Å²) in [6.45, 7) is -1.01. The third-order valence-electron chi connectivity index (χ3n) is 5.88. The van der Waals surface area contributed by atoms with Crippen LogP contribution >= 0.6 is 23.2 Å². The fourth-order valence-corrected chi connectivity index (χ4v) is 5.18. The first-order chi connectivity index (χ1) is 13.3. The number of fused-ring (bicyclic) bond motifs is 5. The number of ether oxygens (including phenoxy) is 1. The molecule has 28 heavy (non-hydrogen) atoms. The van der Waals surface area contributed by atoms with Crippen molar-refractivity contribution < 1.29 is 23.9 Å². The number of carbonyl (C=O) groups excluding carboxylic acids is 4. The van der Waals surface area contributed by atoms with E-state index in [1.807, 2.05) is 0 Å². The van der Waals surface area contributed by atoms with Crippen molar-refractivity contribution in [1.82, 2.24) is 4.90 Å². The van der Waals surface area contributed by atoms with Gasteiger partial charge in [-0.15, -0.1) is 0 Å². The summed E-state index contributed by atoms with van der Waals surface area (Å²) in [6.07, 6.45) is 2.87. The van der Waals surface area contributed by atoms with Crippen LogP contribution in [-0.2, 0) is 23.9 Å². The molecule has 2 bridgehead atoms. The van der Waals surface area contributed by atoms with Crippen LogP contribution in [0.4, 0.5) is 5.69 Å². The van der Waals surface area contributed by atoms with Crippen molar-refractivity contribution in [3.8, 4) is 0 Å². The lowest BCUT2D eigenvalue weighted by molar-refractivity contribution is -0.154. The van der Waals surface area contributed by atoms with Crippen LogP contribution in [0.15, 0.2) is 18.2 Å². The van der Waals surface area contributed by atoms with Gasteiger partial charge < -0.3 is 10.1 Å². The molecule has 9 heteroatoms. The number of hydrogen-bond acceptors (Lipinski definition) is 5. The number of likely N-dealkylation sites (tertiary alicyclic amines) is 1. The molecule has 3 fully saturated rings. The summed E-state index contributed by atoms with van der Waals surface area (Å²) in [7, 11) is 0. The molecule has 7 nitrogen and oxygen atoms in total. The number of carbonyl (C=O) groups is 4. The van der Waals surface area contributed by atoms with E-state index in [1.165, 1.54) is 12.1 Å². The van der Waals surface area contributed by atoms with Gasteiger partial charge in [-0.05, 0) is 49.3 Å². The minimum absolute atomic E-state index is 0.251. The molecule has 2 aliphatic carbocycles. The summed E-state index contributed by atoms with van der Waals surface area (Å²) in [5.74, 6) is -2.01. The molecule has 0 aromatic heterocycles. The van der Waals surface area contributed by atoms with Gasteiger partial charge in [-0.25, -0.2) is 0 Å². The van der Waals surface area contributed by atoms with E-state index in [0.29, 0.717) is 10.7 Å². The third kappa shape index (κ3) is 3.37. The lowest BCUT2D eigenvalue weighted by Crippen LogP contribution is -2.38. The number of nitrogens with zero attached hydrogens (tertiary/aromatic N) is 1. The van der Waals surface area contributed by atoms with Crippen molar-refractivity contribution in [1.29, 1.82) is 0 Å². The van der Waals surface area contributed by atoms with E-state index in [1.54, 1.807) is 6.07 Å². The topological polar surface area (TPSA) is 92.8 Å². The second-order valence-electron chi connectivity index (χ2n) is 7.48. The first kappa shape index (κ1) is 19.2. The molecule has 148 valence electrons. The highest BCUT2D eigenvalue weighted by Gasteiger charge is 2.61. The van der Waals surface area contributed by atoms with E-state index in [0.717, 1.165) is 24.2 Å². The van der Waals surface area contributed by atoms with E-state index in [9.17, 15) is 19.2 Å². The van der Waals surface area contributed by atoms with Gasteiger partial charge in [-0.1, -0.05) is 23.2 Å². The van der Waals surface area contributed by atoms with Crippen LogP contribution in [0.1, 0.15) is 19.3 Å². The molecule has 0 spiro atoms. The summed E-state index contributed by atoms with van der Waals surface area (Å²) in [6, 6.07) is 4.56. The summed E-state index contributed by atoms with van der Waals surface area (Å²) in [5.41, 5.74) is 0.334. The van der Waals surface area contributed by atoms with E-state index >= 15 is 0 Å². The molecule has 1 aromatic rings. The predicted molar refractivity (Wildman–Crippen MR) is 101 cm³/mol. The minimum Gasteiger partial charge on any atom is -0.454 e. The molecule has 1 N–H and O–H groups in total. The van der Waals surface area contributed by atoms with Gasteiger partial charge in [0.2, 0.25) is 11.8 Å². The molecule has 1 aliphatic heterocycles. The lowest BCUT2D eigenvalue weighted by Gasteiger charge is -2.19. The highest BCUT2D eigenvalue weighted by Crippen LogP contribution is 2.56. The highest BCUT2D eigenvalue weighted by atomic mass is 35.5. The van der Waals surface area contributed by atoms with Crippen molar-refractivity contribution in [2.45, 2.75) is 19.3 Å². The lowest BCUT2D eigenvalue weighted by atomic mass is 9.81. The SMILES string of the molecule is O=C(COC(=O)CN1C(=O)[C@@H]2[C@H]3CC[C@@H](C3)[C@H]2C1=O)Nc1ccc(Cl)cc1Cl. The van der Waals surface area contributed by atoms with Crippen molar-refractivity contribution in [2.24, 2.45) is 23.7 Å². The Morgan fingerprint density at radius 3 is 2.36 bits per heavy atom. The van der Waals surface area contributed by atoms with Gasteiger partial charge in [-0.2, -0.15) is 0 Å². The second-order valence-corrected chi connectivity index (χ2v) is 8.32. The van der Waals surface area contributed by atoms with Crippen LogP contribution in [0.5, 0.6) is 0 Å². The maximum atomic E-state index is 12.6. The van der Waals surface area contributed by atoms with Gasteiger partial charge in [-0.3, -0.25) is 24.1 Å². The molecule has 2 saturated carbocycles. The van der Waals surface area contributed by atoms with Gasteiger partial charge in [0.25, 0.3) is 5.91 Å². The summed E-state index contributed by atoms with van der Waals surface area (Å²) in [5, 5.41) is 3.18. The maximum Gasteiger partial charge on any atom is 0.326 e. The fraction of sp³-hybridized carbons (Fsp3) is 0.474. The zero-order chi connectivity index (χ0) is 20.0. The highest BCUT2D eigenvalue weighted by molar-refractivity contribution is 6.36. The Labute approximate surface area is 171 Å². The molecular formula is C19H18Cl2N2O5. The van der Waals surface area contributed by atoms with Crippen LogP contribution in [-0.4, -0.2) is 41.7 Å². The van der Waals surface area contributed by atoms with Gasteiger partial charge >= 0.3 is 5.97 Å². The van der Waals surface area contributed by atoms with Crippen LogP contribution in [0.3, 0.4) is 0 Å². The number of nitrogens with one attached hydrogen (secondary N) is 1. The number of rotatable bonds is 5. The number of benzene rings is 1. The Bertz CT molecular complexity index is 846. The van der Waals surface area contributed by atoms with E-state index in [2.05, 4.69) is 5.32 Å². The molecular weight excluding hydrogens is 407 g/mol. The quantitative estimate of drug-likeness (QED) is 0.578. The number of amides is 3. The van der Waals surface area contributed by atoms with Crippen LogP contribution in [0, 0.1) is 23.7 Å². The Hall–Kier alpha value is -2.12. The third-order valence-corrected chi connectivity index (χ3v) is 6.42. The summed E-state index contributed by atoms with van der Waals surface area (Å²) >= 11 is 11.8. The largest absolute Gasteiger partial charge is 0.454 e. The number of esters is 1. The average Bonchev–Trinajstić information content (AvgIpc) is 3.32. The van der Waals surface area contributed by atoms with Crippen LogP contribution in [0.25, 0.3) is 0 Å². The van der Waals surface area contributed by atoms with Crippen molar-refractivity contribution >= 4 is 52.6 Å². The Kier molecular flexibility index (Phi) is 5.05. The number of anilines is 1. The van der Waals surface area contributed by atoms with Gasteiger partial charge in [0, 0.05) is 5.02 Å². The molecule has 1 saturated heterocycles. The van der Waals surface area contributed by atoms with Crippen LogP contribution < -0.4 is 5.32 Å². The smallest absolute Gasteiger partial charge is 0.326 e. The molecule has 3 amide bonds. The molecule has 4 rings (SSSR count). The molecule has 1 aromatic carbocycles. The molecule has 3 aliphatic rings. The number of hydrogen-bond donors (Lipinski definition) is 1. The molecule has 0 unspecified atom stereocenters. The van der Waals surface area contributed by atoms with Crippen molar-refractivity contribution in [3.05, 3.63) is 28.2 Å². The van der Waals surface area contributed by atoms with Crippen molar-refractivity contribution in [2.75, 3.05) is 18.5 Å². The minimum atomic E-state index is -0.800. The molecule has 0 radical (unpaired) electrons. The summed E-state index contributed by atoms with van der Waals surface area (Å²) in [4.78, 5) is 50.1. The monoisotopic (exact) mass is 424 g/mol. The second kappa shape index (κ2) is 7.37. The fourth-order valence-electron chi connectivity index (χ4n) is 4.72. The first-order valence-corrected chi connectivity index (χ1v) is 9.86. The Morgan fingerprint density at radius 1 is 1.11 bits per heavy atom. The summed E-state index contributed by atoms with van der Waals surface area (Å²) < 4.78 is 4.92. The Balaban J connectivity index is 1.29. The van der Waals surface area contributed by atoms with Gasteiger partial charge in [0.1, 0.15) is 6.54 Å². The van der Waals surface area contributed by atoms with Crippen LogP contribution in [0.2, 0.25) is 10.0 Å². The Morgan fingerprint density at radius 2 is 1.75 bits per heavy atom. The maximum absolute atomic E-state index is 12.6. The number of halogens is 2. The van der Waals surface area contributed by atoms with Crippen molar-refractivity contribution in [3.63, 3.8) is 0 Å². The average molecular weight is 425 g/mol.